The quantitative estimate of drug-likeness (QED) is 0.881. The minimum atomic E-state index is -0.454. The van der Waals surface area contributed by atoms with Crippen LogP contribution in [0.5, 0.6) is 0 Å². The van der Waals surface area contributed by atoms with Gasteiger partial charge in [-0.2, -0.15) is 0 Å². The maximum absolute atomic E-state index is 10.1. The van der Waals surface area contributed by atoms with E-state index in [9.17, 15) is 5.11 Å². The van der Waals surface area contributed by atoms with Crippen LogP contribution in [0.15, 0.2) is 24.3 Å². The Labute approximate surface area is 101 Å². The van der Waals surface area contributed by atoms with E-state index in [1.54, 1.807) is 0 Å². The van der Waals surface area contributed by atoms with E-state index in [4.69, 9.17) is 16.3 Å². The summed E-state index contributed by atoms with van der Waals surface area (Å²) in [5.74, 6) is 0. The summed E-state index contributed by atoms with van der Waals surface area (Å²) in [7, 11) is 0. The first-order valence-electron chi connectivity index (χ1n) is 5.73. The van der Waals surface area contributed by atoms with Crippen LogP contribution < -0.4 is 0 Å². The lowest BCUT2D eigenvalue weighted by atomic mass is 10.0. The van der Waals surface area contributed by atoms with Crippen LogP contribution >= 0.6 is 11.6 Å². The van der Waals surface area contributed by atoms with E-state index in [0.29, 0.717) is 11.4 Å². The van der Waals surface area contributed by atoms with Crippen molar-refractivity contribution in [1.82, 2.24) is 0 Å². The molecule has 3 atom stereocenters. The molecule has 1 aliphatic heterocycles. The van der Waals surface area contributed by atoms with Crippen molar-refractivity contribution in [2.24, 2.45) is 0 Å². The summed E-state index contributed by atoms with van der Waals surface area (Å²) in [6.07, 6.45) is 2.32. The van der Waals surface area contributed by atoms with Crippen molar-refractivity contribution in [3.05, 3.63) is 34.9 Å². The van der Waals surface area contributed by atoms with E-state index in [-0.39, 0.29) is 12.2 Å². The lowest BCUT2D eigenvalue weighted by Crippen LogP contribution is -2.28. The first-order chi connectivity index (χ1) is 7.66. The molecule has 1 aromatic rings. The SMILES string of the molecule is CC1CCC(C(O)Cc2ccccc2Cl)O1. The van der Waals surface area contributed by atoms with Crippen LogP contribution in [0.4, 0.5) is 0 Å². The van der Waals surface area contributed by atoms with Crippen molar-refractivity contribution in [1.29, 1.82) is 0 Å². The second kappa shape index (κ2) is 5.17. The molecule has 0 saturated carbocycles. The molecule has 0 bridgehead atoms. The van der Waals surface area contributed by atoms with Gasteiger partial charge in [-0.3, -0.25) is 0 Å². The van der Waals surface area contributed by atoms with Crippen molar-refractivity contribution in [2.45, 2.75) is 44.5 Å². The standard InChI is InChI=1S/C13H17ClO2/c1-9-6-7-13(16-9)12(15)8-10-4-2-3-5-11(10)14/h2-5,9,12-13,15H,6-8H2,1H3. The van der Waals surface area contributed by atoms with Crippen LogP contribution in [0.2, 0.25) is 5.02 Å². The lowest BCUT2D eigenvalue weighted by molar-refractivity contribution is -0.0278. The summed E-state index contributed by atoms with van der Waals surface area (Å²) >= 11 is 6.05. The zero-order valence-corrected chi connectivity index (χ0v) is 10.2. The van der Waals surface area contributed by atoms with Crippen LogP contribution in [0.25, 0.3) is 0 Å². The summed E-state index contributed by atoms with van der Waals surface area (Å²) < 4.78 is 5.64. The van der Waals surface area contributed by atoms with Crippen molar-refractivity contribution < 1.29 is 9.84 Å². The molecule has 1 N–H and O–H groups in total. The van der Waals surface area contributed by atoms with Crippen LogP contribution in [-0.2, 0) is 11.2 Å². The summed E-state index contributed by atoms with van der Waals surface area (Å²) in [6, 6.07) is 7.63. The highest BCUT2D eigenvalue weighted by atomic mass is 35.5. The molecule has 1 aliphatic rings. The Morgan fingerprint density at radius 1 is 1.44 bits per heavy atom. The molecule has 1 aromatic carbocycles. The Morgan fingerprint density at radius 2 is 2.19 bits per heavy atom. The molecule has 0 aliphatic carbocycles. The normalized spacial score (nSPS) is 26.9. The minimum absolute atomic E-state index is 0.0359. The highest BCUT2D eigenvalue weighted by molar-refractivity contribution is 6.31. The first-order valence-corrected chi connectivity index (χ1v) is 6.11. The van der Waals surface area contributed by atoms with Crippen LogP contribution in [0, 0.1) is 0 Å². The zero-order chi connectivity index (χ0) is 11.5. The summed E-state index contributed by atoms with van der Waals surface area (Å²) in [5, 5.41) is 10.8. The van der Waals surface area contributed by atoms with Gasteiger partial charge < -0.3 is 9.84 Å². The molecule has 16 heavy (non-hydrogen) atoms. The van der Waals surface area contributed by atoms with Gasteiger partial charge in [-0.15, -0.1) is 0 Å². The maximum Gasteiger partial charge on any atom is 0.0842 e. The third-order valence-electron chi connectivity index (χ3n) is 3.08. The molecule has 0 spiro atoms. The Kier molecular flexibility index (Phi) is 3.85. The smallest absolute Gasteiger partial charge is 0.0842 e. The molecule has 0 radical (unpaired) electrons. The number of ether oxygens (including phenoxy) is 1. The van der Waals surface area contributed by atoms with Gasteiger partial charge in [0.15, 0.2) is 0 Å². The second-order valence-corrected chi connectivity index (χ2v) is 4.83. The number of hydrogen-bond donors (Lipinski definition) is 1. The fourth-order valence-electron chi connectivity index (χ4n) is 2.14. The molecular formula is C13H17ClO2. The molecule has 0 aromatic heterocycles. The first kappa shape index (κ1) is 11.9. The number of aliphatic hydroxyl groups is 1. The fraction of sp³-hybridized carbons (Fsp3) is 0.538. The van der Waals surface area contributed by atoms with Crippen molar-refractivity contribution >= 4 is 11.6 Å². The number of benzene rings is 1. The molecular weight excluding hydrogens is 224 g/mol. The van der Waals surface area contributed by atoms with Crippen molar-refractivity contribution in [3.8, 4) is 0 Å². The van der Waals surface area contributed by atoms with Crippen molar-refractivity contribution in [2.75, 3.05) is 0 Å². The molecule has 3 unspecified atom stereocenters. The molecule has 1 fully saturated rings. The van der Waals surface area contributed by atoms with Gasteiger partial charge in [-0.25, -0.2) is 0 Å². The van der Waals surface area contributed by atoms with Gasteiger partial charge in [-0.1, -0.05) is 29.8 Å². The highest BCUT2D eigenvalue weighted by Crippen LogP contribution is 2.25. The van der Waals surface area contributed by atoms with Crippen LogP contribution in [0.1, 0.15) is 25.3 Å². The number of aliphatic hydroxyl groups excluding tert-OH is 1. The Balaban J connectivity index is 1.97. The van der Waals surface area contributed by atoms with E-state index < -0.39 is 6.10 Å². The topological polar surface area (TPSA) is 29.5 Å². The Morgan fingerprint density at radius 3 is 2.81 bits per heavy atom. The largest absolute Gasteiger partial charge is 0.390 e. The van der Waals surface area contributed by atoms with Gasteiger partial charge in [-0.05, 0) is 31.4 Å². The molecule has 1 heterocycles. The van der Waals surface area contributed by atoms with E-state index in [1.807, 2.05) is 31.2 Å². The van der Waals surface area contributed by atoms with E-state index in [2.05, 4.69) is 0 Å². The number of halogens is 1. The Bertz CT molecular complexity index is 354. The molecule has 2 nitrogen and oxygen atoms in total. The van der Waals surface area contributed by atoms with Gasteiger partial charge in [0.1, 0.15) is 0 Å². The van der Waals surface area contributed by atoms with Gasteiger partial charge in [0.25, 0.3) is 0 Å². The summed E-state index contributed by atoms with van der Waals surface area (Å²) in [4.78, 5) is 0. The maximum atomic E-state index is 10.1. The van der Waals surface area contributed by atoms with Crippen molar-refractivity contribution in [3.63, 3.8) is 0 Å². The molecule has 3 heteroatoms. The van der Waals surface area contributed by atoms with E-state index in [1.165, 1.54) is 0 Å². The fourth-order valence-corrected chi connectivity index (χ4v) is 2.35. The minimum Gasteiger partial charge on any atom is -0.390 e. The zero-order valence-electron chi connectivity index (χ0n) is 9.40. The van der Waals surface area contributed by atoms with Gasteiger partial charge >= 0.3 is 0 Å². The Hall–Kier alpha value is -0.570. The number of hydrogen-bond acceptors (Lipinski definition) is 2. The molecule has 2 rings (SSSR count). The lowest BCUT2D eigenvalue weighted by Gasteiger charge is -2.18. The average Bonchev–Trinajstić information content (AvgIpc) is 2.68. The second-order valence-electron chi connectivity index (χ2n) is 4.43. The van der Waals surface area contributed by atoms with Gasteiger partial charge in [0, 0.05) is 11.4 Å². The van der Waals surface area contributed by atoms with Crippen LogP contribution in [-0.4, -0.2) is 23.4 Å². The summed E-state index contributed by atoms with van der Waals surface area (Å²) in [5.41, 5.74) is 0.986. The third kappa shape index (κ3) is 2.76. The molecule has 0 amide bonds. The van der Waals surface area contributed by atoms with E-state index in [0.717, 1.165) is 18.4 Å². The molecule has 88 valence electrons. The van der Waals surface area contributed by atoms with Crippen LogP contribution in [0.3, 0.4) is 0 Å². The predicted molar refractivity (Wildman–Crippen MR) is 64.7 cm³/mol. The summed E-state index contributed by atoms with van der Waals surface area (Å²) in [6.45, 7) is 2.04. The van der Waals surface area contributed by atoms with Gasteiger partial charge in [0.2, 0.25) is 0 Å². The number of rotatable bonds is 3. The highest BCUT2D eigenvalue weighted by Gasteiger charge is 2.28. The monoisotopic (exact) mass is 240 g/mol. The third-order valence-corrected chi connectivity index (χ3v) is 3.45. The average molecular weight is 241 g/mol. The van der Waals surface area contributed by atoms with E-state index >= 15 is 0 Å². The predicted octanol–water partition coefficient (Wildman–Crippen LogP) is 2.81. The molecule has 1 saturated heterocycles. The van der Waals surface area contributed by atoms with Gasteiger partial charge in [0.05, 0.1) is 18.3 Å².